The normalized spacial score (nSPS) is 10.5. The molecule has 0 atom stereocenters. The fourth-order valence-corrected chi connectivity index (χ4v) is 2.70. The molecule has 0 aliphatic carbocycles. The van der Waals surface area contributed by atoms with E-state index < -0.39 is 0 Å². The van der Waals surface area contributed by atoms with E-state index in [1.54, 1.807) is 25.7 Å². The van der Waals surface area contributed by atoms with Gasteiger partial charge in [-0.2, -0.15) is 0 Å². The molecule has 28 heavy (non-hydrogen) atoms. The number of ether oxygens (including phenoxy) is 1. The van der Waals surface area contributed by atoms with E-state index in [0.29, 0.717) is 18.3 Å². The van der Waals surface area contributed by atoms with Crippen LogP contribution in [0.4, 0.5) is 17.5 Å². The van der Waals surface area contributed by atoms with Gasteiger partial charge in [0.2, 0.25) is 5.95 Å². The lowest BCUT2D eigenvalue weighted by molar-refractivity contribution is 0.415. The first-order chi connectivity index (χ1) is 13.8. The average Bonchev–Trinajstić information content (AvgIpc) is 3.21. The van der Waals surface area contributed by atoms with Crippen LogP contribution in [0.2, 0.25) is 0 Å². The Balaban J connectivity index is 1.52. The summed E-state index contributed by atoms with van der Waals surface area (Å²) in [5.41, 5.74) is 2.80. The molecule has 3 N–H and O–H groups in total. The number of H-pyrrole nitrogens is 1. The molecule has 0 aliphatic heterocycles. The zero-order valence-electron chi connectivity index (χ0n) is 15.3. The summed E-state index contributed by atoms with van der Waals surface area (Å²) in [5.74, 6) is 2.64. The summed E-state index contributed by atoms with van der Waals surface area (Å²) in [4.78, 5) is 11.7. The van der Waals surface area contributed by atoms with E-state index >= 15 is 0 Å². The van der Waals surface area contributed by atoms with E-state index in [-0.39, 0.29) is 0 Å². The Morgan fingerprint density at radius 3 is 2.75 bits per heavy atom. The SMILES string of the molecule is COc1cccc(Nc2nnc(-c3cccnc3NCc3ccncc3)[nH]2)c1. The van der Waals surface area contributed by atoms with Gasteiger partial charge in [-0.25, -0.2) is 4.98 Å². The Hall–Kier alpha value is -3.94. The first-order valence-electron chi connectivity index (χ1n) is 8.74. The van der Waals surface area contributed by atoms with Crippen LogP contribution >= 0.6 is 0 Å². The van der Waals surface area contributed by atoms with Crippen molar-refractivity contribution in [2.24, 2.45) is 0 Å². The molecular weight excluding hydrogens is 354 g/mol. The van der Waals surface area contributed by atoms with Crippen LogP contribution in [0.1, 0.15) is 5.56 Å². The topological polar surface area (TPSA) is 101 Å². The van der Waals surface area contributed by atoms with Gasteiger partial charge in [0.15, 0.2) is 5.82 Å². The summed E-state index contributed by atoms with van der Waals surface area (Å²) < 4.78 is 5.24. The van der Waals surface area contributed by atoms with Crippen molar-refractivity contribution >= 4 is 17.5 Å². The summed E-state index contributed by atoms with van der Waals surface area (Å²) in [7, 11) is 1.63. The van der Waals surface area contributed by atoms with Gasteiger partial charge in [0, 0.05) is 36.9 Å². The predicted molar refractivity (Wildman–Crippen MR) is 107 cm³/mol. The van der Waals surface area contributed by atoms with Crippen LogP contribution in [0, 0.1) is 0 Å². The van der Waals surface area contributed by atoms with Crippen molar-refractivity contribution < 1.29 is 4.74 Å². The Kier molecular flexibility index (Phi) is 5.10. The summed E-state index contributed by atoms with van der Waals surface area (Å²) in [6.07, 6.45) is 5.27. The lowest BCUT2D eigenvalue weighted by Gasteiger charge is -2.09. The van der Waals surface area contributed by atoms with Crippen LogP contribution in [0.25, 0.3) is 11.4 Å². The average molecular weight is 373 g/mol. The predicted octanol–water partition coefficient (Wildman–Crippen LogP) is 3.63. The Morgan fingerprint density at radius 1 is 1.00 bits per heavy atom. The van der Waals surface area contributed by atoms with Crippen LogP contribution in [-0.2, 0) is 6.54 Å². The number of rotatable bonds is 7. The van der Waals surface area contributed by atoms with E-state index in [9.17, 15) is 0 Å². The number of anilines is 3. The zero-order chi connectivity index (χ0) is 19.2. The minimum atomic E-state index is 0.534. The number of methoxy groups -OCH3 is 1. The fraction of sp³-hybridized carbons (Fsp3) is 0.100. The van der Waals surface area contributed by atoms with Gasteiger partial charge in [-0.05, 0) is 42.0 Å². The molecule has 0 radical (unpaired) electrons. The molecule has 0 spiro atoms. The van der Waals surface area contributed by atoms with Gasteiger partial charge in [0.25, 0.3) is 0 Å². The summed E-state index contributed by atoms with van der Waals surface area (Å²) in [6, 6.07) is 15.3. The van der Waals surface area contributed by atoms with Crippen molar-refractivity contribution in [3.63, 3.8) is 0 Å². The quantitative estimate of drug-likeness (QED) is 0.455. The highest BCUT2D eigenvalue weighted by atomic mass is 16.5. The molecule has 0 aliphatic rings. The standard InChI is InChI=1S/C20H19N7O/c1-28-16-5-2-4-15(12-16)24-20-25-19(26-27-20)17-6-3-9-22-18(17)23-13-14-7-10-21-11-8-14/h2-12H,13H2,1H3,(H,22,23)(H2,24,25,26,27). The first kappa shape index (κ1) is 17.5. The molecule has 1 aromatic carbocycles. The van der Waals surface area contributed by atoms with Crippen LogP contribution < -0.4 is 15.4 Å². The van der Waals surface area contributed by atoms with Gasteiger partial charge in [0.05, 0.1) is 12.7 Å². The molecule has 0 saturated heterocycles. The van der Waals surface area contributed by atoms with Crippen LogP contribution in [0.5, 0.6) is 5.75 Å². The van der Waals surface area contributed by atoms with Gasteiger partial charge < -0.3 is 20.4 Å². The molecule has 0 saturated carbocycles. The second-order valence-electron chi connectivity index (χ2n) is 5.99. The molecule has 3 aromatic heterocycles. The minimum absolute atomic E-state index is 0.534. The molecule has 0 bridgehead atoms. The zero-order valence-corrected chi connectivity index (χ0v) is 15.3. The molecule has 0 amide bonds. The van der Waals surface area contributed by atoms with E-state index in [0.717, 1.165) is 28.4 Å². The molecule has 0 unspecified atom stereocenters. The molecule has 3 heterocycles. The van der Waals surface area contributed by atoms with E-state index in [1.807, 2.05) is 48.5 Å². The number of pyridine rings is 2. The number of aromatic nitrogens is 5. The summed E-state index contributed by atoms with van der Waals surface area (Å²) >= 11 is 0. The molecule has 140 valence electrons. The second-order valence-corrected chi connectivity index (χ2v) is 5.99. The Morgan fingerprint density at radius 2 is 1.89 bits per heavy atom. The number of nitrogens with zero attached hydrogens (tertiary/aromatic N) is 4. The van der Waals surface area contributed by atoms with Gasteiger partial charge in [-0.1, -0.05) is 6.07 Å². The summed E-state index contributed by atoms with van der Waals surface area (Å²) in [6.45, 7) is 0.635. The Labute approximate surface area is 162 Å². The van der Waals surface area contributed by atoms with Crippen LogP contribution in [-0.4, -0.2) is 32.3 Å². The lowest BCUT2D eigenvalue weighted by Crippen LogP contribution is -2.03. The highest BCUT2D eigenvalue weighted by Gasteiger charge is 2.11. The second kappa shape index (κ2) is 8.17. The number of hydrogen-bond acceptors (Lipinski definition) is 7. The van der Waals surface area contributed by atoms with E-state index in [2.05, 4.69) is 35.8 Å². The highest BCUT2D eigenvalue weighted by molar-refractivity contribution is 5.71. The third-order valence-corrected chi connectivity index (χ3v) is 4.09. The largest absolute Gasteiger partial charge is 0.497 e. The summed E-state index contributed by atoms with van der Waals surface area (Å²) in [5, 5.41) is 15.0. The van der Waals surface area contributed by atoms with Gasteiger partial charge in [-0.15, -0.1) is 10.2 Å². The molecule has 0 fully saturated rings. The van der Waals surface area contributed by atoms with E-state index in [1.165, 1.54) is 0 Å². The maximum Gasteiger partial charge on any atom is 0.226 e. The third-order valence-electron chi connectivity index (χ3n) is 4.09. The van der Waals surface area contributed by atoms with Gasteiger partial charge >= 0.3 is 0 Å². The maximum absolute atomic E-state index is 5.24. The molecule has 4 rings (SSSR count). The van der Waals surface area contributed by atoms with Crippen molar-refractivity contribution in [1.82, 2.24) is 25.1 Å². The lowest BCUT2D eigenvalue weighted by atomic mass is 10.2. The highest BCUT2D eigenvalue weighted by Crippen LogP contribution is 2.25. The molecule has 8 nitrogen and oxygen atoms in total. The smallest absolute Gasteiger partial charge is 0.226 e. The van der Waals surface area contributed by atoms with Crippen molar-refractivity contribution in [1.29, 1.82) is 0 Å². The van der Waals surface area contributed by atoms with Crippen molar-refractivity contribution in [3.05, 3.63) is 72.7 Å². The number of aromatic amines is 1. The van der Waals surface area contributed by atoms with Crippen molar-refractivity contribution in [2.75, 3.05) is 17.7 Å². The van der Waals surface area contributed by atoms with Gasteiger partial charge in [0.1, 0.15) is 11.6 Å². The van der Waals surface area contributed by atoms with E-state index in [4.69, 9.17) is 4.74 Å². The van der Waals surface area contributed by atoms with Crippen LogP contribution in [0.3, 0.4) is 0 Å². The maximum atomic E-state index is 5.24. The Bertz CT molecular complexity index is 1050. The number of benzene rings is 1. The fourth-order valence-electron chi connectivity index (χ4n) is 2.70. The molecular formula is C20H19N7O. The minimum Gasteiger partial charge on any atom is -0.497 e. The van der Waals surface area contributed by atoms with Crippen molar-refractivity contribution in [2.45, 2.75) is 6.54 Å². The number of nitrogens with one attached hydrogen (secondary N) is 3. The number of hydrogen-bond donors (Lipinski definition) is 3. The molecule has 4 aromatic rings. The van der Waals surface area contributed by atoms with Crippen LogP contribution in [0.15, 0.2) is 67.1 Å². The molecule has 8 heteroatoms. The monoisotopic (exact) mass is 373 g/mol. The third kappa shape index (κ3) is 4.07. The van der Waals surface area contributed by atoms with Crippen molar-refractivity contribution in [3.8, 4) is 17.1 Å². The first-order valence-corrected chi connectivity index (χ1v) is 8.74. The van der Waals surface area contributed by atoms with Gasteiger partial charge in [-0.3, -0.25) is 4.98 Å².